The Balaban J connectivity index is 2.20. The number of ether oxygens (including phenoxy) is 1. The van der Waals surface area contributed by atoms with Crippen molar-refractivity contribution in [3.05, 3.63) is 28.0 Å². The summed E-state index contributed by atoms with van der Waals surface area (Å²) in [5.41, 5.74) is -0.101. The van der Waals surface area contributed by atoms with Crippen LogP contribution in [0.25, 0.3) is 0 Å². The summed E-state index contributed by atoms with van der Waals surface area (Å²) in [7, 11) is 2.65. The molecule has 0 unspecified atom stereocenters. The third-order valence-electron chi connectivity index (χ3n) is 3.28. The number of hydrogen-bond donors (Lipinski definition) is 1. The first-order valence-electron chi connectivity index (χ1n) is 5.99. The first-order valence-corrected chi connectivity index (χ1v) is 9.10. The summed E-state index contributed by atoms with van der Waals surface area (Å²) in [5, 5.41) is 2.68. The van der Waals surface area contributed by atoms with Crippen LogP contribution in [0.15, 0.2) is 21.5 Å². The van der Waals surface area contributed by atoms with E-state index in [0.29, 0.717) is 12.8 Å². The van der Waals surface area contributed by atoms with Crippen LogP contribution in [0.1, 0.15) is 23.2 Å². The van der Waals surface area contributed by atoms with Crippen molar-refractivity contribution in [3.8, 4) is 0 Å². The van der Waals surface area contributed by atoms with Crippen molar-refractivity contribution in [3.63, 3.8) is 0 Å². The maximum atomic E-state index is 13.7. The summed E-state index contributed by atoms with van der Waals surface area (Å²) in [6.07, 6.45) is 1.44. The largest absolute Gasteiger partial charge is 0.381 e. The molecule has 0 aromatic heterocycles. The van der Waals surface area contributed by atoms with Gasteiger partial charge in [-0.15, -0.1) is 0 Å². The molecule has 2 rings (SSSR count). The van der Waals surface area contributed by atoms with Gasteiger partial charge in [0.15, 0.2) is 0 Å². The highest BCUT2D eigenvalue weighted by molar-refractivity contribution is 9.10. The predicted octanol–water partition coefficient (Wildman–Crippen LogP) is 2.42. The zero-order valence-electron chi connectivity index (χ0n) is 10.9. The van der Waals surface area contributed by atoms with Crippen molar-refractivity contribution >= 4 is 41.6 Å². The standard InChI is InChI=1S/C12H12BrClFNO4S/c1-20-8-4-7(5-8)16-12(17)6-2-9(15)11(13)10(3-6)21(14,18)19/h2-3,7-8H,4-5H2,1H3,(H,16,17). The van der Waals surface area contributed by atoms with Crippen LogP contribution in [0.4, 0.5) is 4.39 Å². The molecule has 1 aliphatic carbocycles. The van der Waals surface area contributed by atoms with Gasteiger partial charge in [0, 0.05) is 29.4 Å². The zero-order chi connectivity index (χ0) is 15.8. The maximum absolute atomic E-state index is 13.7. The molecule has 1 amide bonds. The third-order valence-corrected chi connectivity index (χ3v) is 5.70. The van der Waals surface area contributed by atoms with Gasteiger partial charge < -0.3 is 10.1 Å². The number of carbonyl (C=O) groups excluding carboxylic acids is 1. The molecule has 0 spiro atoms. The highest BCUT2D eigenvalue weighted by Crippen LogP contribution is 2.29. The molecule has 1 N–H and O–H groups in total. The van der Waals surface area contributed by atoms with E-state index in [1.807, 2.05) is 0 Å². The van der Waals surface area contributed by atoms with Crippen LogP contribution in [-0.2, 0) is 13.8 Å². The van der Waals surface area contributed by atoms with Crippen molar-refractivity contribution in [1.82, 2.24) is 5.32 Å². The van der Waals surface area contributed by atoms with E-state index in [9.17, 15) is 17.6 Å². The van der Waals surface area contributed by atoms with Gasteiger partial charge in [0.05, 0.1) is 10.6 Å². The second-order valence-electron chi connectivity index (χ2n) is 4.71. The Hall–Kier alpha value is -0.700. The summed E-state index contributed by atoms with van der Waals surface area (Å²) in [6.45, 7) is 0. The molecule has 0 bridgehead atoms. The average molecular weight is 401 g/mol. The molecule has 1 aromatic rings. The molecule has 0 radical (unpaired) electrons. The Morgan fingerprint density at radius 1 is 1.48 bits per heavy atom. The summed E-state index contributed by atoms with van der Waals surface area (Å²) < 4.78 is 41.2. The summed E-state index contributed by atoms with van der Waals surface area (Å²) in [6, 6.07) is 1.93. The number of carbonyl (C=O) groups is 1. The van der Waals surface area contributed by atoms with Crippen LogP contribution >= 0.6 is 26.6 Å². The molecule has 1 aromatic carbocycles. The maximum Gasteiger partial charge on any atom is 0.262 e. The van der Waals surface area contributed by atoms with E-state index in [0.717, 1.165) is 12.1 Å². The van der Waals surface area contributed by atoms with Crippen molar-refractivity contribution in [2.75, 3.05) is 7.11 Å². The van der Waals surface area contributed by atoms with Crippen molar-refractivity contribution in [2.24, 2.45) is 0 Å². The lowest BCUT2D eigenvalue weighted by molar-refractivity contribution is 0.0176. The number of rotatable bonds is 4. The fourth-order valence-corrected chi connectivity index (χ4v) is 4.11. The van der Waals surface area contributed by atoms with Crippen LogP contribution in [0.3, 0.4) is 0 Å². The van der Waals surface area contributed by atoms with Gasteiger partial charge in [-0.05, 0) is 40.9 Å². The van der Waals surface area contributed by atoms with Gasteiger partial charge in [-0.2, -0.15) is 0 Å². The highest BCUT2D eigenvalue weighted by Gasteiger charge is 2.31. The lowest BCUT2D eigenvalue weighted by Crippen LogP contribution is -2.47. The van der Waals surface area contributed by atoms with Gasteiger partial charge in [0.1, 0.15) is 10.7 Å². The van der Waals surface area contributed by atoms with Crippen LogP contribution < -0.4 is 5.32 Å². The summed E-state index contributed by atoms with van der Waals surface area (Å²) in [4.78, 5) is 11.5. The molecule has 1 aliphatic rings. The van der Waals surface area contributed by atoms with Gasteiger partial charge in [-0.25, -0.2) is 12.8 Å². The van der Waals surface area contributed by atoms with Gasteiger partial charge in [-0.3, -0.25) is 4.79 Å². The number of amides is 1. The van der Waals surface area contributed by atoms with Crippen LogP contribution in [0.2, 0.25) is 0 Å². The molecule has 1 saturated carbocycles. The van der Waals surface area contributed by atoms with Gasteiger partial charge in [0.2, 0.25) is 0 Å². The normalized spacial score (nSPS) is 21.7. The van der Waals surface area contributed by atoms with Crippen molar-refractivity contribution < 1.29 is 22.3 Å². The molecular weight excluding hydrogens is 389 g/mol. The highest BCUT2D eigenvalue weighted by atomic mass is 79.9. The Morgan fingerprint density at radius 2 is 2.10 bits per heavy atom. The van der Waals surface area contributed by atoms with Gasteiger partial charge in [-0.1, -0.05) is 0 Å². The minimum atomic E-state index is -4.16. The first-order chi connectivity index (χ1) is 9.72. The Kier molecular flexibility index (Phi) is 4.92. The number of hydrogen-bond acceptors (Lipinski definition) is 4. The number of nitrogens with one attached hydrogen (secondary N) is 1. The van der Waals surface area contributed by atoms with Crippen LogP contribution in [0, 0.1) is 5.82 Å². The minimum Gasteiger partial charge on any atom is -0.381 e. The molecule has 1 fully saturated rings. The molecular formula is C12H12BrClFNO4S. The summed E-state index contributed by atoms with van der Waals surface area (Å²) in [5.74, 6) is -1.42. The number of methoxy groups -OCH3 is 1. The smallest absolute Gasteiger partial charge is 0.262 e. The first kappa shape index (κ1) is 16.7. The van der Waals surface area contributed by atoms with E-state index in [1.54, 1.807) is 7.11 Å². The van der Waals surface area contributed by atoms with Crippen LogP contribution in [0.5, 0.6) is 0 Å². The molecule has 0 heterocycles. The second kappa shape index (κ2) is 6.20. The van der Waals surface area contributed by atoms with Crippen LogP contribution in [-0.4, -0.2) is 33.6 Å². The molecule has 5 nitrogen and oxygen atoms in total. The third kappa shape index (κ3) is 3.74. The molecule has 0 atom stereocenters. The molecule has 9 heteroatoms. The second-order valence-corrected chi connectivity index (χ2v) is 8.03. The van der Waals surface area contributed by atoms with Crippen molar-refractivity contribution in [1.29, 1.82) is 0 Å². The lowest BCUT2D eigenvalue weighted by Gasteiger charge is -2.34. The zero-order valence-corrected chi connectivity index (χ0v) is 14.1. The Labute approximate surface area is 134 Å². The van der Waals surface area contributed by atoms with E-state index in [1.165, 1.54) is 0 Å². The number of halogens is 3. The Morgan fingerprint density at radius 3 is 2.62 bits per heavy atom. The van der Waals surface area contributed by atoms with Crippen molar-refractivity contribution in [2.45, 2.75) is 29.9 Å². The topological polar surface area (TPSA) is 72.5 Å². The average Bonchev–Trinajstić information content (AvgIpc) is 2.34. The predicted molar refractivity (Wildman–Crippen MR) is 78.4 cm³/mol. The fourth-order valence-electron chi connectivity index (χ4n) is 2.02. The lowest BCUT2D eigenvalue weighted by atomic mass is 9.89. The van der Waals surface area contributed by atoms with E-state index in [2.05, 4.69) is 21.2 Å². The quantitative estimate of drug-likeness (QED) is 0.788. The summed E-state index contributed by atoms with van der Waals surface area (Å²) >= 11 is 2.81. The van der Waals surface area contributed by atoms with E-state index < -0.39 is 25.7 Å². The minimum absolute atomic E-state index is 0.0646. The molecule has 21 heavy (non-hydrogen) atoms. The molecule has 0 aliphatic heterocycles. The monoisotopic (exact) mass is 399 g/mol. The van der Waals surface area contributed by atoms with Gasteiger partial charge in [0.25, 0.3) is 15.0 Å². The fraction of sp³-hybridized carbons (Fsp3) is 0.417. The Bertz CT molecular complexity index is 676. The van der Waals surface area contributed by atoms with E-state index >= 15 is 0 Å². The van der Waals surface area contributed by atoms with Gasteiger partial charge >= 0.3 is 0 Å². The van der Waals surface area contributed by atoms with E-state index in [4.69, 9.17) is 15.4 Å². The number of benzene rings is 1. The molecule has 116 valence electrons. The molecule has 0 saturated heterocycles. The SMILES string of the molecule is COC1CC(NC(=O)c2cc(F)c(Br)c(S(=O)(=O)Cl)c2)C1. The van der Waals surface area contributed by atoms with E-state index in [-0.39, 0.29) is 22.2 Å².